The van der Waals surface area contributed by atoms with E-state index in [2.05, 4.69) is 5.32 Å². The van der Waals surface area contributed by atoms with Crippen molar-refractivity contribution in [3.8, 4) is 0 Å². The summed E-state index contributed by atoms with van der Waals surface area (Å²) in [5.41, 5.74) is 1.13. The summed E-state index contributed by atoms with van der Waals surface area (Å²) < 4.78 is 55.3. The molecule has 1 atom stereocenters. The van der Waals surface area contributed by atoms with Crippen LogP contribution in [0, 0.1) is 11.6 Å². The predicted molar refractivity (Wildman–Crippen MR) is 110 cm³/mol. The summed E-state index contributed by atoms with van der Waals surface area (Å²) in [6.07, 6.45) is 0.707. The van der Waals surface area contributed by atoms with Crippen molar-refractivity contribution in [2.45, 2.75) is 23.8 Å². The third-order valence-electron chi connectivity index (χ3n) is 5.00. The SMILES string of the molecule is O=C(Nc1ccccc1F)[C@@H]1CCc2ccccc2N1S(=O)(=O)c1ccc(F)cc1. The summed E-state index contributed by atoms with van der Waals surface area (Å²) in [6, 6.07) is 15.9. The highest BCUT2D eigenvalue weighted by molar-refractivity contribution is 7.93. The summed E-state index contributed by atoms with van der Waals surface area (Å²) in [5.74, 6) is -1.82. The largest absolute Gasteiger partial charge is 0.322 e. The number of nitrogens with one attached hydrogen (secondary N) is 1. The molecule has 8 heteroatoms. The Hall–Kier alpha value is -3.26. The van der Waals surface area contributed by atoms with Gasteiger partial charge in [0.05, 0.1) is 16.3 Å². The lowest BCUT2D eigenvalue weighted by molar-refractivity contribution is -0.117. The number of nitrogens with zero attached hydrogens (tertiary/aromatic N) is 1. The van der Waals surface area contributed by atoms with E-state index in [1.54, 1.807) is 30.3 Å². The Bertz CT molecular complexity index is 1200. The number of amides is 1. The lowest BCUT2D eigenvalue weighted by Gasteiger charge is -2.36. The molecule has 0 saturated carbocycles. The van der Waals surface area contributed by atoms with Crippen molar-refractivity contribution in [3.63, 3.8) is 0 Å². The molecule has 0 saturated heterocycles. The number of hydrogen-bond acceptors (Lipinski definition) is 3. The maximum Gasteiger partial charge on any atom is 0.265 e. The molecule has 5 nitrogen and oxygen atoms in total. The highest BCUT2D eigenvalue weighted by Gasteiger charge is 2.40. The number of sulfonamides is 1. The number of carbonyl (C=O) groups is 1. The quantitative estimate of drug-likeness (QED) is 0.680. The number of benzene rings is 3. The van der Waals surface area contributed by atoms with Crippen molar-refractivity contribution < 1.29 is 22.0 Å². The zero-order valence-corrected chi connectivity index (χ0v) is 16.6. The number of hydrogen-bond donors (Lipinski definition) is 1. The Kier molecular flexibility index (Phi) is 5.26. The number of para-hydroxylation sites is 2. The van der Waals surface area contributed by atoms with Crippen molar-refractivity contribution in [2.75, 3.05) is 9.62 Å². The molecule has 3 aromatic rings. The second kappa shape index (κ2) is 7.87. The first-order valence-corrected chi connectivity index (χ1v) is 10.8. The summed E-state index contributed by atoms with van der Waals surface area (Å²) in [5, 5.41) is 2.49. The zero-order chi connectivity index (χ0) is 21.3. The van der Waals surface area contributed by atoms with Crippen LogP contribution in [-0.2, 0) is 21.2 Å². The van der Waals surface area contributed by atoms with Crippen molar-refractivity contribution in [1.29, 1.82) is 0 Å². The molecule has 0 aromatic heterocycles. The molecule has 1 amide bonds. The van der Waals surface area contributed by atoms with Gasteiger partial charge in [0.25, 0.3) is 10.0 Å². The normalized spacial score (nSPS) is 16.1. The number of anilines is 2. The van der Waals surface area contributed by atoms with Gasteiger partial charge in [0.2, 0.25) is 5.91 Å². The summed E-state index contributed by atoms with van der Waals surface area (Å²) in [6.45, 7) is 0. The second-order valence-electron chi connectivity index (χ2n) is 6.91. The van der Waals surface area contributed by atoms with Crippen LogP contribution in [0.25, 0.3) is 0 Å². The van der Waals surface area contributed by atoms with Crippen LogP contribution < -0.4 is 9.62 Å². The van der Waals surface area contributed by atoms with Gasteiger partial charge >= 0.3 is 0 Å². The van der Waals surface area contributed by atoms with Crippen LogP contribution in [0.4, 0.5) is 20.2 Å². The Morgan fingerprint density at radius 1 is 0.933 bits per heavy atom. The Morgan fingerprint density at radius 3 is 2.33 bits per heavy atom. The third-order valence-corrected chi connectivity index (χ3v) is 6.84. The average Bonchev–Trinajstić information content (AvgIpc) is 2.74. The lowest BCUT2D eigenvalue weighted by atomic mass is 9.97. The molecule has 0 unspecified atom stereocenters. The topological polar surface area (TPSA) is 66.5 Å². The minimum Gasteiger partial charge on any atom is -0.322 e. The first-order valence-electron chi connectivity index (χ1n) is 9.31. The summed E-state index contributed by atoms with van der Waals surface area (Å²) >= 11 is 0. The number of halogens is 2. The minimum absolute atomic E-state index is 0.0273. The number of fused-ring (bicyclic) bond motifs is 1. The van der Waals surface area contributed by atoms with E-state index in [-0.39, 0.29) is 17.0 Å². The van der Waals surface area contributed by atoms with Crippen molar-refractivity contribution >= 4 is 27.3 Å². The van der Waals surface area contributed by atoms with Crippen LogP contribution in [0.2, 0.25) is 0 Å². The molecule has 1 aliphatic heterocycles. The summed E-state index contributed by atoms with van der Waals surface area (Å²) in [7, 11) is -4.18. The molecule has 0 fully saturated rings. The maximum absolute atomic E-state index is 14.0. The van der Waals surface area contributed by atoms with Gasteiger partial charge in [-0.05, 0) is 60.9 Å². The van der Waals surface area contributed by atoms with Gasteiger partial charge in [-0.25, -0.2) is 17.2 Å². The van der Waals surface area contributed by atoms with E-state index >= 15 is 0 Å². The lowest BCUT2D eigenvalue weighted by Crippen LogP contribution is -2.50. The van der Waals surface area contributed by atoms with Crippen LogP contribution in [-0.4, -0.2) is 20.4 Å². The van der Waals surface area contributed by atoms with Crippen LogP contribution in [0.1, 0.15) is 12.0 Å². The minimum atomic E-state index is -4.18. The van der Waals surface area contributed by atoms with E-state index in [0.717, 1.165) is 34.1 Å². The Labute approximate surface area is 173 Å². The van der Waals surface area contributed by atoms with Crippen molar-refractivity contribution in [1.82, 2.24) is 0 Å². The Balaban J connectivity index is 1.77. The average molecular weight is 428 g/mol. The molecule has 1 N–H and O–H groups in total. The summed E-state index contributed by atoms with van der Waals surface area (Å²) in [4.78, 5) is 12.9. The maximum atomic E-state index is 14.0. The van der Waals surface area contributed by atoms with Crippen LogP contribution in [0.15, 0.2) is 77.7 Å². The van der Waals surface area contributed by atoms with E-state index in [1.807, 2.05) is 0 Å². The van der Waals surface area contributed by atoms with E-state index < -0.39 is 33.6 Å². The molecule has 3 aromatic carbocycles. The highest BCUT2D eigenvalue weighted by atomic mass is 32.2. The fourth-order valence-electron chi connectivity index (χ4n) is 3.55. The van der Waals surface area contributed by atoms with Gasteiger partial charge < -0.3 is 5.32 Å². The molecule has 154 valence electrons. The van der Waals surface area contributed by atoms with E-state index in [9.17, 15) is 22.0 Å². The molecule has 0 radical (unpaired) electrons. The fourth-order valence-corrected chi connectivity index (χ4v) is 5.23. The first kappa shape index (κ1) is 20.0. The van der Waals surface area contributed by atoms with Crippen LogP contribution in [0.5, 0.6) is 0 Å². The molecule has 0 spiro atoms. The molecule has 1 aliphatic rings. The first-order chi connectivity index (χ1) is 14.4. The van der Waals surface area contributed by atoms with Gasteiger partial charge in [0.15, 0.2) is 0 Å². The molecular weight excluding hydrogens is 410 g/mol. The molecule has 0 bridgehead atoms. The van der Waals surface area contributed by atoms with E-state index in [4.69, 9.17) is 0 Å². The number of rotatable bonds is 4. The van der Waals surface area contributed by atoms with Gasteiger partial charge in [0.1, 0.15) is 17.7 Å². The predicted octanol–water partition coefficient (Wildman–Crippen LogP) is 4.11. The molecular formula is C22H18F2N2O3S. The smallest absolute Gasteiger partial charge is 0.265 e. The highest BCUT2D eigenvalue weighted by Crippen LogP contribution is 2.36. The van der Waals surface area contributed by atoms with Crippen molar-refractivity contribution in [2.24, 2.45) is 0 Å². The molecule has 1 heterocycles. The van der Waals surface area contributed by atoms with Gasteiger partial charge in [-0.15, -0.1) is 0 Å². The van der Waals surface area contributed by atoms with Gasteiger partial charge in [0, 0.05) is 0 Å². The monoisotopic (exact) mass is 428 g/mol. The number of carbonyl (C=O) groups excluding carboxylic acids is 1. The van der Waals surface area contributed by atoms with Crippen LogP contribution >= 0.6 is 0 Å². The van der Waals surface area contributed by atoms with Gasteiger partial charge in [-0.3, -0.25) is 9.10 Å². The molecule has 4 rings (SSSR count). The van der Waals surface area contributed by atoms with E-state index in [1.165, 1.54) is 18.2 Å². The second-order valence-corrected chi connectivity index (χ2v) is 8.72. The number of aryl methyl sites for hydroxylation is 1. The van der Waals surface area contributed by atoms with Gasteiger partial charge in [-0.2, -0.15) is 0 Å². The standard InChI is InChI=1S/C22H18F2N2O3S/c23-16-10-12-17(13-11-16)30(28,29)26-20-8-4-1-5-15(20)9-14-21(26)22(27)25-19-7-3-2-6-18(19)24/h1-8,10-13,21H,9,14H2,(H,25,27)/t21-/m0/s1. The van der Waals surface area contributed by atoms with Crippen LogP contribution in [0.3, 0.4) is 0 Å². The van der Waals surface area contributed by atoms with Gasteiger partial charge in [-0.1, -0.05) is 30.3 Å². The van der Waals surface area contributed by atoms with E-state index in [0.29, 0.717) is 12.1 Å². The molecule has 0 aliphatic carbocycles. The Morgan fingerprint density at radius 2 is 1.60 bits per heavy atom. The molecule has 30 heavy (non-hydrogen) atoms. The van der Waals surface area contributed by atoms with Crippen molar-refractivity contribution in [3.05, 3.63) is 90.0 Å². The third kappa shape index (κ3) is 3.66. The zero-order valence-electron chi connectivity index (χ0n) is 15.8. The fraction of sp³-hybridized carbons (Fsp3) is 0.136.